The summed E-state index contributed by atoms with van der Waals surface area (Å²) in [5, 5.41) is 11.5. The summed E-state index contributed by atoms with van der Waals surface area (Å²) < 4.78 is 5.34. The number of rotatable bonds is 3. The van der Waals surface area contributed by atoms with Crippen molar-refractivity contribution in [2.24, 2.45) is 11.8 Å². The number of nitrogens with zero attached hydrogens (tertiary/aromatic N) is 5. The molecule has 0 spiro atoms. The molecule has 1 aromatic rings. The summed E-state index contributed by atoms with van der Waals surface area (Å²) in [5.41, 5.74) is 5.74. The number of anilines is 3. The second-order valence-corrected chi connectivity index (χ2v) is 6.79. The molecule has 2 N–H and O–H groups in total. The summed E-state index contributed by atoms with van der Waals surface area (Å²) in [6.45, 7) is 8.28. The lowest BCUT2D eigenvalue weighted by Crippen LogP contribution is -2.41. The number of nitrogen functional groups attached to an aromatic ring is 1. The van der Waals surface area contributed by atoms with Crippen LogP contribution in [0.4, 0.5) is 23.3 Å². The molecular formula is C15H24N6O3. The van der Waals surface area contributed by atoms with E-state index in [2.05, 4.69) is 23.8 Å². The Balaban J connectivity index is 2.00. The van der Waals surface area contributed by atoms with E-state index in [1.807, 2.05) is 9.80 Å². The van der Waals surface area contributed by atoms with Crippen molar-refractivity contribution < 1.29 is 9.66 Å². The molecular weight excluding hydrogens is 312 g/mol. The van der Waals surface area contributed by atoms with Gasteiger partial charge >= 0.3 is 5.69 Å². The molecule has 2 aliphatic rings. The molecule has 2 atom stereocenters. The van der Waals surface area contributed by atoms with E-state index < -0.39 is 4.92 Å². The second kappa shape index (κ2) is 6.76. The third-order valence-electron chi connectivity index (χ3n) is 4.53. The van der Waals surface area contributed by atoms with E-state index >= 15 is 0 Å². The fraction of sp³-hybridized carbons (Fsp3) is 0.733. The minimum absolute atomic E-state index is 0.0719. The Morgan fingerprint density at radius 3 is 2.38 bits per heavy atom. The van der Waals surface area contributed by atoms with Crippen LogP contribution in [-0.4, -0.2) is 54.3 Å². The molecule has 3 rings (SSSR count). The van der Waals surface area contributed by atoms with Crippen molar-refractivity contribution in [3.63, 3.8) is 0 Å². The number of aromatic nitrogens is 2. The maximum absolute atomic E-state index is 11.5. The topological polar surface area (TPSA) is 111 Å². The van der Waals surface area contributed by atoms with E-state index in [4.69, 9.17) is 10.5 Å². The van der Waals surface area contributed by atoms with Crippen molar-refractivity contribution in [3.05, 3.63) is 10.1 Å². The van der Waals surface area contributed by atoms with Crippen LogP contribution >= 0.6 is 0 Å². The third-order valence-corrected chi connectivity index (χ3v) is 4.53. The molecule has 0 saturated carbocycles. The van der Waals surface area contributed by atoms with E-state index in [0.717, 1.165) is 19.5 Å². The molecule has 0 amide bonds. The number of nitrogens with two attached hydrogens (primary N) is 1. The van der Waals surface area contributed by atoms with Crippen LogP contribution in [0.25, 0.3) is 0 Å². The van der Waals surface area contributed by atoms with E-state index in [9.17, 15) is 10.1 Å². The summed E-state index contributed by atoms with van der Waals surface area (Å²) in [5.74, 6) is 1.62. The van der Waals surface area contributed by atoms with Gasteiger partial charge in [-0.3, -0.25) is 10.1 Å². The zero-order valence-electron chi connectivity index (χ0n) is 14.1. The lowest BCUT2D eigenvalue weighted by atomic mass is 9.92. The number of hydrogen-bond donors (Lipinski definition) is 1. The van der Waals surface area contributed by atoms with Crippen LogP contribution in [0.3, 0.4) is 0 Å². The fourth-order valence-electron chi connectivity index (χ4n) is 3.58. The summed E-state index contributed by atoms with van der Waals surface area (Å²) in [4.78, 5) is 23.7. The van der Waals surface area contributed by atoms with Gasteiger partial charge in [-0.1, -0.05) is 13.8 Å². The molecule has 0 bridgehead atoms. The molecule has 2 saturated heterocycles. The van der Waals surface area contributed by atoms with Gasteiger partial charge in [0.1, 0.15) is 0 Å². The van der Waals surface area contributed by atoms with Crippen LogP contribution in [0.2, 0.25) is 0 Å². The van der Waals surface area contributed by atoms with Crippen molar-refractivity contribution in [2.75, 3.05) is 54.9 Å². The highest BCUT2D eigenvalue weighted by molar-refractivity contribution is 5.71. The van der Waals surface area contributed by atoms with E-state index in [1.165, 1.54) is 0 Å². The van der Waals surface area contributed by atoms with Crippen molar-refractivity contribution in [1.29, 1.82) is 0 Å². The van der Waals surface area contributed by atoms with E-state index in [-0.39, 0.29) is 11.5 Å². The number of morpholine rings is 1. The molecule has 0 aliphatic carbocycles. The van der Waals surface area contributed by atoms with Crippen LogP contribution in [0.15, 0.2) is 0 Å². The van der Waals surface area contributed by atoms with Crippen LogP contribution in [-0.2, 0) is 4.74 Å². The first-order chi connectivity index (χ1) is 11.5. The summed E-state index contributed by atoms with van der Waals surface area (Å²) in [7, 11) is 0. The summed E-state index contributed by atoms with van der Waals surface area (Å²) in [6, 6.07) is 0. The number of piperidine rings is 1. The van der Waals surface area contributed by atoms with Crippen LogP contribution in [0.5, 0.6) is 0 Å². The Morgan fingerprint density at radius 1 is 1.17 bits per heavy atom. The van der Waals surface area contributed by atoms with E-state index in [0.29, 0.717) is 49.9 Å². The van der Waals surface area contributed by atoms with Gasteiger partial charge in [0.2, 0.25) is 17.6 Å². The van der Waals surface area contributed by atoms with Gasteiger partial charge in [0.25, 0.3) is 0 Å². The summed E-state index contributed by atoms with van der Waals surface area (Å²) in [6.07, 6.45) is 1.11. The van der Waals surface area contributed by atoms with Gasteiger partial charge in [-0.15, -0.1) is 0 Å². The van der Waals surface area contributed by atoms with Crippen LogP contribution in [0.1, 0.15) is 20.3 Å². The first-order valence-electron chi connectivity index (χ1n) is 8.35. The average Bonchev–Trinajstić information content (AvgIpc) is 2.53. The van der Waals surface area contributed by atoms with Crippen LogP contribution < -0.4 is 15.5 Å². The SMILES string of the molecule is C[C@@H]1C[C@@H](C)CN(c2nc(N3CCOCC3)nc(N)c2[N+](=O)[O-])C1. The van der Waals surface area contributed by atoms with Gasteiger partial charge < -0.3 is 20.3 Å². The summed E-state index contributed by atoms with van der Waals surface area (Å²) >= 11 is 0. The van der Waals surface area contributed by atoms with Crippen molar-refractivity contribution in [2.45, 2.75) is 20.3 Å². The van der Waals surface area contributed by atoms with Crippen LogP contribution in [0, 0.1) is 22.0 Å². The molecule has 9 heteroatoms. The van der Waals surface area contributed by atoms with E-state index in [1.54, 1.807) is 0 Å². The predicted molar refractivity (Wildman–Crippen MR) is 91.3 cm³/mol. The monoisotopic (exact) mass is 336 g/mol. The van der Waals surface area contributed by atoms with Gasteiger partial charge in [0.15, 0.2) is 0 Å². The molecule has 1 aromatic heterocycles. The Morgan fingerprint density at radius 2 is 1.79 bits per heavy atom. The average molecular weight is 336 g/mol. The molecule has 9 nitrogen and oxygen atoms in total. The number of hydrogen-bond acceptors (Lipinski definition) is 8. The molecule has 24 heavy (non-hydrogen) atoms. The van der Waals surface area contributed by atoms with Crippen molar-refractivity contribution in [1.82, 2.24) is 9.97 Å². The Labute approximate surface area is 140 Å². The lowest BCUT2D eigenvalue weighted by Gasteiger charge is -2.36. The first kappa shape index (κ1) is 16.7. The predicted octanol–water partition coefficient (Wildman–Crippen LogP) is 1.29. The third kappa shape index (κ3) is 3.35. The maximum Gasteiger partial charge on any atom is 0.353 e. The standard InChI is InChI=1S/C15H24N6O3/c1-10-7-11(2)9-20(8-10)14-12(21(22)23)13(16)17-15(18-14)19-3-5-24-6-4-19/h10-11H,3-9H2,1-2H3,(H2,16,17,18)/t10-,11-/m1/s1. The highest BCUT2D eigenvalue weighted by Gasteiger charge is 2.32. The molecule has 2 fully saturated rings. The Bertz CT molecular complexity index is 609. The minimum Gasteiger partial charge on any atom is -0.378 e. The largest absolute Gasteiger partial charge is 0.378 e. The molecule has 2 aliphatic heterocycles. The van der Waals surface area contributed by atoms with Crippen molar-refractivity contribution >= 4 is 23.3 Å². The zero-order valence-corrected chi connectivity index (χ0v) is 14.1. The maximum atomic E-state index is 11.5. The highest BCUT2D eigenvalue weighted by Crippen LogP contribution is 2.36. The smallest absolute Gasteiger partial charge is 0.353 e. The molecule has 0 radical (unpaired) electrons. The normalized spacial score (nSPS) is 24.9. The Hall–Kier alpha value is -2.16. The lowest BCUT2D eigenvalue weighted by molar-refractivity contribution is -0.383. The number of nitro groups is 1. The van der Waals surface area contributed by atoms with Gasteiger partial charge in [-0.05, 0) is 18.3 Å². The molecule has 0 unspecified atom stereocenters. The van der Waals surface area contributed by atoms with Gasteiger partial charge in [-0.25, -0.2) is 0 Å². The minimum atomic E-state index is -0.475. The quantitative estimate of drug-likeness (QED) is 0.649. The molecule has 3 heterocycles. The van der Waals surface area contributed by atoms with Crippen molar-refractivity contribution in [3.8, 4) is 0 Å². The molecule has 0 aromatic carbocycles. The van der Waals surface area contributed by atoms with Gasteiger partial charge in [-0.2, -0.15) is 9.97 Å². The zero-order chi connectivity index (χ0) is 17.3. The second-order valence-electron chi connectivity index (χ2n) is 6.79. The Kier molecular flexibility index (Phi) is 4.70. The van der Waals surface area contributed by atoms with Gasteiger partial charge in [0, 0.05) is 26.2 Å². The highest BCUT2D eigenvalue weighted by atomic mass is 16.6. The first-order valence-corrected chi connectivity index (χ1v) is 8.35. The number of ether oxygens (including phenoxy) is 1. The van der Waals surface area contributed by atoms with Gasteiger partial charge in [0.05, 0.1) is 18.1 Å². The fourth-order valence-corrected chi connectivity index (χ4v) is 3.58. The molecule has 132 valence electrons.